The number of nitrogens with zero attached hydrogens (tertiary/aromatic N) is 1. The third-order valence-electron chi connectivity index (χ3n) is 3.38. The van der Waals surface area contributed by atoms with Gasteiger partial charge in [0, 0.05) is 10.3 Å². The standard InChI is InChI=1S/C20H19NO4S/c1-20(2,3)25-17(22)12-24-14-8-6-7-13(11-14)19-21-18(23)15-9-4-5-10-16(15)26-19/h4-11H,12H2,1-3H3. The van der Waals surface area contributed by atoms with Gasteiger partial charge in [-0.3, -0.25) is 4.79 Å². The summed E-state index contributed by atoms with van der Waals surface area (Å²) in [5, 5.41) is 1.22. The van der Waals surface area contributed by atoms with Gasteiger partial charge in [0.2, 0.25) is 0 Å². The summed E-state index contributed by atoms with van der Waals surface area (Å²) < 4.78 is 11.6. The number of carbonyl (C=O) groups excluding carboxylic acids is 1. The first-order chi connectivity index (χ1) is 12.3. The van der Waals surface area contributed by atoms with Crippen LogP contribution in [0.25, 0.3) is 20.7 Å². The molecule has 3 rings (SSSR count). The number of fused-ring (bicyclic) bond motifs is 1. The number of benzene rings is 2. The average Bonchev–Trinajstić information content (AvgIpc) is 2.59. The molecule has 0 aliphatic heterocycles. The predicted molar refractivity (Wildman–Crippen MR) is 103 cm³/mol. The van der Waals surface area contributed by atoms with Crippen LogP contribution in [-0.4, -0.2) is 23.2 Å². The molecule has 2 aromatic carbocycles. The molecule has 134 valence electrons. The fraction of sp³-hybridized carbons (Fsp3) is 0.250. The van der Waals surface area contributed by atoms with Gasteiger partial charge in [-0.25, -0.2) is 4.79 Å². The number of hydrogen-bond acceptors (Lipinski definition) is 6. The molecule has 26 heavy (non-hydrogen) atoms. The molecule has 0 spiro atoms. The predicted octanol–water partition coefficient (Wildman–Crippen LogP) is 4.04. The molecule has 0 radical (unpaired) electrons. The quantitative estimate of drug-likeness (QED) is 0.649. The van der Waals surface area contributed by atoms with Gasteiger partial charge in [-0.1, -0.05) is 24.3 Å². The third-order valence-corrected chi connectivity index (χ3v) is 4.48. The van der Waals surface area contributed by atoms with Crippen molar-refractivity contribution in [2.75, 3.05) is 6.61 Å². The molecule has 1 aromatic heterocycles. The highest BCUT2D eigenvalue weighted by atomic mass is 32.1. The van der Waals surface area contributed by atoms with E-state index in [0.29, 0.717) is 16.1 Å². The second kappa shape index (κ2) is 7.25. The Kier molecular flexibility index (Phi) is 5.04. The fourth-order valence-electron chi connectivity index (χ4n) is 2.37. The van der Waals surface area contributed by atoms with Crippen molar-refractivity contribution in [2.45, 2.75) is 26.4 Å². The van der Waals surface area contributed by atoms with Crippen molar-refractivity contribution in [1.82, 2.24) is 4.98 Å². The zero-order chi connectivity index (χ0) is 18.7. The van der Waals surface area contributed by atoms with Crippen molar-refractivity contribution in [3.63, 3.8) is 0 Å². The van der Waals surface area contributed by atoms with Crippen LogP contribution in [0.15, 0.2) is 53.3 Å². The Morgan fingerprint density at radius 3 is 2.65 bits per heavy atom. The van der Waals surface area contributed by atoms with E-state index in [-0.39, 0.29) is 12.2 Å². The van der Waals surface area contributed by atoms with Crippen molar-refractivity contribution in [3.8, 4) is 16.3 Å². The van der Waals surface area contributed by atoms with Gasteiger partial charge < -0.3 is 9.47 Å². The monoisotopic (exact) mass is 369 g/mol. The lowest BCUT2D eigenvalue weighted by Gasteiger charge is -2.19. The number of esters is 1. The molecule has 0 fully saturated rings. The molecular weight excluding hydrogens is 350 g/mol. The van der Waals surface area contributed by atoms with Gasteiger partial charge in [-0.2, -0.15) is 4.98 Å². The number of carbonyl (C=O) groups is 1. The van der Waals surface area contributed by atoms with Crippen LogP contribution in [0.1, 0.15) is 20.8 Å². The van der Waals surface area contributed by atoms with Crippen LogP contribution in [0.2, 0.25) is 0 Å². The van der Waals surface area contributed by atoms with Gasteiger partial charge >= 0.3 is 5.97 Å². The highest BCUT2D eigenvalue weighted by molar-refractivity contribution is 7.21. The minimum atomic E-state index is -0.552. The second-order valence-corrected chi connectivity index (χ2v) is 7.75. The highest BCUT2D eigenvalue weighted by Gasteiger charge is 2.16. The maximum Gasteiger partial charge on any atom is 0.344 e. The summed E-state index contributed by atoms with van der Waals surface area (Å²) in [4.78, 5) is 28.2. The van der Waals surface area contributed by atoms with E-state index in [1.54, 1.807) is 45.0 Å². The Bertz CT molecular complexity index is 1000. The molecule has 0 saturated carbocycles. The third kappa shape index (κ3) is 4.46. The number of rotatable bonds is 4. The number of ether oxygens (including phenoxy) is 2. The molecule has 6 heteroatoms. The van der Waals surface area contributed by atoms with E-state index in [0.717, 1.165) is 10.3 Å². The fourth-order valence-corrected chi connectivity index (χ4v) is 3.36. The lowest BCUT2D eigenvalue weighted by Crippen LogP contribution is -2.27. The summed E-state index contributed by atoms with van der Waals surface area (Å²) in [5.41, 5.74) is -0.0438. The molecule has 0 atom stereocenters. The van der Waals surface area contributed by atoms with Gasteiger partial charge in [0.25, 0.3) is 5.56 Å². The number of aromatic nitrogens is 1. The number of hydrogen-bond donors (Lipinski definition) is 0. The van der Waals surface area contributed by atoms with Crippen molar-refractivity contribution >= 4 is 27.4 Å². The Balaban J connectivity index is 1.81. The highest BCUT2D eigenvalue weighted by Crippen LogP contribution is 2.28. The summed E-state index contributed by atoms with van der Waals surface area (Å²) in [7, 11) is 0. The average molecular weight is 369 g/mol. The van der Waals surface area contributed by atoms with Gasteiger partial charge in [-0.05, 0) is 45.0 Å². The zero-order valence-corrected chi connectivity index (χ0v) is 15.6. The molecule has 0 aliphatic carbocycles. The van der Waals surface area contributed by atoms with Crippen molar-refractivity contribution in [1.29, 1.82) is 0 Å². The van der Waals surface area contributed by atoms with Gasteiger partial charge in [0.15, 0.2) is 6.61 Å². The van der Waals surface area contributed by atoms with E-state index in [4.69, 9.17) is 9.47 Å². The molecule has 0 amide bonds. The molecule has 0 unspecified atom stereocenters. The van der Waals surface area contributed by atoms with E-state index in [1.807, 2.05) is 24.3 Å². The maximum atomic E-state index is 12.2. The minimum absolute atomic E-state index is 0.178. The summed E-state index contributed by atoms with van der Waals surface area (Å²) in [5.74, 6) is 0.0827. The smallest absolute Gasteiger partial charge is 0.344 e. The molecule has 5 nitrogen and oxygen atoms in total. The van der Waals surface area contributed by atoms with E-state index in [9.17, 15) is 9.59 Å². The molecule has 0 aliphatic rings. The van der Waals surface area contributed by atoms with Gasteiger partial charge in [-0.15, -0.1) is 11.3 Å². The summed E-state index contributed by atoms with van der Waals surface area (Å²) >= 11 is 1.44. The van der Waals surface area contributed by atoms with E-state index >= 15 is 0 Å². The van der Waals surface area contributed by atoms with E-state index in [2.05, 4.69) is 4.98 Å². The summed E-state index contributed by atoms with van der Waals surface area (Å²) in [6.45, 7) is 5.23. The largest absolute Gasteiger partial charge is 0.482 e. The topological polar surface area (TPSA) is 65.5 Å². The molecule has 0 saturated heterocycles. The first-order valence-electron chi connectivity index (χ1n) is 8.17. The van der Waals surface area contributed by atoms with Gasteiger partial charge in [0.05, 0.1) is 5.39 Å². The maximum absolute atomic E-state index is 12.2. The van der Waals surface area contributed by atoms with Crippen molar-refractivity contribution in [3.05, 3.63) is 58.9 Å². The lowest BCUT2D eigenvalue weighted by molar-refractivity contribution is -0.157. The minimum Gasteiger partial charge on any atom is -0.482 e. The Hall–Kier alpha value is -2.73. The summed E-state index contributed by atoms with van der Waals surface area (Å²) in [6, 6.07) is 14.5. The Morgan fingerprint density at radius 2 is 1.88 bits per heavy atom. The van der Waals surface area contributed by atoms with E-state index in [1.165, 1.54) is 11.3 Å². The summed E-state index contributed by atoms with van der Waals surface area (Å²) in [6.07, 6.45) is 0. The van der Waals surface area contributed by atoms with Crippen molar-refractivity contribution in [2.24, 2.45) is 0 Å². The first-order valence-corrected chi connectivity index (χ1v) is 8.98. The molecule has 0 bridgehead atoms. The van der Waals surface area contributed by atoms with Crippen LogP contribution >= 0.6 is 11.3 Å². The molecular formula is C20H19NO4S. The van der Waals surface area contributed by atoms with Crippen LogP contribution in [-0.2, 0) is 9.53 Å². The SMILES string of the molecule is CC(C)(C)OC(=O)COc1cccc(-c2nc(=O)c3ccccc3s2)c1. The van der Waals surface area contributed by atoms with Crippen LogP contribution in [0.5, 0.6) is 5.75 Å². The van der Waals surface area contributed by atoms with Crippen LogP contribution in [0.4, 0.5) is 0 Å². The Morgan fingerprint density at radius 1 is 1.12 bits per heavy atom. The first kappa shape index (κ1) is 18.1. The molecule has 3 aromatic rings. The lowest BCUT2D eigenvalue weighted by atomic mass is 10.2. The van der Waals surface area contributed by atoms with Crippen LogP contribution in [0.3, 0.4) is 0 Å². The normalized spacial score (nSPS) is 11.3. The van der Waals surface area contributed by atoms with Gasteiger partial charge in [0.1, 0.15) is 16.4 Å². The Labute approximate surface area is 155 Å². The second-order valence-electron chi connectivity index (χ2n) is 6.72. The van der Waals surface area contributed by atoms with Crippen LogP contribution in [0, 0.1) is 0 Å². The molecule has 0 N–H and O–H groups in total. The van der Waals surface area contributed by atoms with Crippen LogP contribution < -0.4 is 10.3 Å². The van der Waals surface area contributed by atoms with E-state index < -0.39 is 11.6 Å². The molecule has 1 heterocycles. The zero-order valence-electron chi connectivity index (χ0n) is 14.8. The van der Waals surface area contributed by atoms with Crippen molar-refractivity contribution < 1.29 is 14.3 Å².